The first-order valence-electron chi connectivity index (χ1n) is 10.4. The minimum Gasteiger partial charge on any atom is -0.493 e. The zero-order chi connectivity index (χ0) is 24.6. The summed E-state index contributed by atoms with van der Waals surface area (Å²) in [6.07, 6.45) is 0.0531. The average Bonchev–Trinajstić information content (AvgIpc) is 2.73. The van der Waals surface area contributed by atoms with Gasteiger partial charge in [0.2, 0.25) is 5.91 Å². The molecular weight excluding hydrogens is 467 g/mol. The number of halogens is 2. The number of carbonyl (C=O) groups is 2. The van der Waals surface area contributed by atoms with Crippen molar-refractivity contribution in [3.63, 3.8) is 0 Å². The zero-order valence-corrected chi connectivity index (χ0v) is 21.0. The summed E-state index contributed by atoms with van der Waals surface area (Å²) in [5.41, 5.74) is 0.943. The van der Waals surface area contributed by atoms with Gasteiger partial charge in [-0.05, 0) is 62.6 Å². The van der Waals surface area contributed by atoms with E-state index in [-0.39, 0.29) is 12.3 Å². The van der Waals surface area contributed by atoms with E-state index in [1.807, 2.05) is 18.2 Å². The van der Waals surface area contributed by atoms with Crippen LogP contribution in [0.15, 0.2) is 36.4 Å². The number of benzene rings is 2. The lowest BCUT2D eigenvalue weighted by atomic mass is 10.0. The van der Waals surface area contributed by atoms with Gasteiger partial charge in [0.05, 0.1) is 14.2 Å². The number of hydrogen-bond donors (Lipinski definition) is 2. The number of carbonyl (C=O) groups excluding carboxylic acids is 2. The van der Waals surface area contributed by atoms with Crippen molar-refractivity contribution in [1.29, 1.82) is 0 Å². The maximum absolute atomic E-state index is 12.9. The third-order valence-electron chi connectivity index (χ3n) is 4.61. The molecule has 7 nitrogen and oxygen atoms in total. The summed E-state index contributed by atoms with van der Waals surface area (Å²) in [6.45, 7) is 5.61. The van der Waals surface area contributed by atoms with Crippen LogP contribution < -0.4 is 20.1 Å². The van der Waals surface area contributed by atoms with Crippen LogP contribution in [0.25, 0.3) is 0 Å². The van der Waals surface area contributed by atoms with Gasteiger partial charge in [0, 0.05) is 23.0 Å². The van der Waals surface area contributed by atoms with Crippen LogP contribution in [-0.4, -0.2) is 44.4 Å². The van der Waals surface area contributed by atoms with Crippen LogP contribution in [-0.2, 0) is 22.4 Å². The summed E-state index contributed by atoms with van der Waals surface area (Å²) in [6, 6.07) is 9.69. The highest BCUT2D eigenvalue weighted by atomic mass is 35.5. The van der Waals surface area contributed by atoms with Crippen molar-refractivity contribution in [3.8, 4) is 11.5 Å². The van der Waals surface area contributed by atoms with Crippen molar-refractivity contribution >= 4 is 35.2 Å². The van der Waals surface area contributed by atoms with E-state index in [1.54, 1.807) is 53.2 Å². The van der Waals surface area contributed by atoms with Crippen molar-refractivity contribution in [2.75, 3.05) is 20.8 Å². The van der Waals surface area contributed by atoms with Crippen molar-refractivity contribution in [3.05, 3.63) is 57.6 Å². The summed E-state index contributed by atoms with van der Waals surface area (Å²) >= 11 is 12.2. The summed E-state index contributed by atoms with van der Waals surface area (Å²) in [7, 11) is 3.14. The molecule has 2 aromatic rings. The van der Waals surface area contributed by atoms with E-state index < -0.39 is 17.7 Å². The molecule has 2 aromatic carbocycles. The highest BCUT2D eigenvalue weighted by Crippen LogP contribution is 2.27. The molecule has 2 N–H and O–H groups in total. The number of amides is 2. The van der Waals surface area contributed by atoms with Gasteiger partial charge in [0.25, 0.3) is 0 Å². The quantitative estimate of drug-likeness (QED) is 0.520. The molecule has 0 aliphatic carbocycles. The van der Waals surface area contributed by atoms with E-state index in [0.29, 0.717) is 40.1 Å². The molecule has 0 aliphatic rings. The standard InChI is InChI=1S/C24H30Cl2N2O5/c1-24(2,3)33-23(30)28-19(13-16-7-8-17(25)14-18(16)26)22(29)27-11-10-15-6-9-20(31-4)21(12-15)32-5/h6-9,12,14,19H,10-11,13H2,1-5H3,(H,27,29)(H,28,30)/t19-/m1/s1. The van der Waals surface area contributed by atoms with Crippen molar-refractivity contribution in [2.24, 2.45) is 0 Å². The molecule has 0 unspecified atom stereocenters. The fourth-order valence-corrected chi connectivity index (χ4v) is 3.54. The Balaban J connectivity index is 2.07. The molecule has 1 atom stereocenters. The van der Waals surface area contributed by atoms with E-state index in [1.165, 1.54) is 0 Å². The van der Waals surface area contributed by atoms with E-state index in [9.17, 15) is 9.59 Å². The van der Waals surface area contributed by atoms with E-state index >= 15 is 0 Å². The van der Waals surface area contributed by atoms with Crippen molar-refractivity contribution in [2.45, 2.75) is 45.3 Å². The molecule has 2 rings (SSSR count). The summed E-state index contributed by atoms with van der Waals surface area (Å²) < 4.78 is 15.9. The van der Waals surface area contributed by atoms with Crippen molar-refractivity contribution in [1.82, 2.24) is 10.6 Å². The maximum atomic E-state index is 12.9. The predicted molar refractivity (Wildman–Crippen MR) is 130 cm³/mol. The number of ether oxygens (including phenoxy) is 3. The van der Waals surface area contributed by atoms with Gasteiger partial charge >= 0.3 is 6.09 Å². The second-order valence-electron chi connectivity index (χ2n) is 8.37. The van der Waals surface area contributed by atoms with Crippen LogP contribution in [0.1, 0.15) is 31.9 Å². The molecule has 0 bridgehead atoms. The molecule has 0 saturated carbocycles. The van der Waals surface area contributed by atoms with Gasteiger partial charge < -0.3 is 24.8 Å². The fourth-order valence-electron chi connectivity index (χ4n) is 3.06. The Morgan fingerprint density at radius 2 is 1.70 bits per heavy atom. The van der Waals surface area contributed by atoms with Gasteiger partial charge in [-0.25, -0.2) is 4.79 Å². The Morgan fingerprint density at radius 1 is 1.00 bits per heavy atom. The first-order chi connectivity index (χ1) is 15.5. The fraction of sp³-hybridized carbons (Fsp3) is 0.417. The Hall–Kier alpha value is -2.64. The highest BCUT2D eigenvalue weighted by Gasteiger charge is 2.25. The van der Waals surface area contributed by atoms with Gasteiger partial charge in [-0.2, -0.15) is 0 Å². The summed E-state index contributed by atoms with van der Waals surface area (Å²) in [5.74, 6) is 0.891. The topological polar surface area (TPSA) is 85.9 Å². The van der Waals surface area contributed by atoms with Gasteiger partial charge in [-0.15, -0.1) is 0 Å². The van der Waals surface area contributed by atoms with Gasteiger partial charge in [0.1, 0.15) is 11.6 Å². The number of hydrogen-bond acceptors (Lipinski definition) is 5. The highest BCUT2D eigenvalue weighted by molar-refractivity contribution is 6.35. The van der Waals surface area contributed by atoms with Crippen LogP contribution in [0.4, 0.5) is 4.79 Å². The van der Waals surface area contributed by atoms with E-state index in [2.05, 4.69) is 10.6 Å². The molecular formula is C24H30Cl2N2O5. The largest absolute Gasteiger partial charge is 0.493 e. The molecule has 180 valence electrons. The van der Waals surface area contributed by atoms with E-state index in [4.69, 9.17) is 37.4 Å². The van der Waals surface area contributed by atoms with Crippen molar-refractivity contribution < 1.29 is 23.8 Å². The van der Waals surface area contributed by atoms with Crippen LogP contribution >= 0.6 is 23.2 Å². The van der Waals surface area contributed by atoms with Gasteiger partial charge in [0.15, 0.2) is 11.5 Å². The predicted octanol–water partition coefficient (Wildman–Crippen LogP) is 4.81. The van der Waals surface area contributed by atoms with Crippen LogP contribution in [0.2, 0.25) is 10.0 Å². The Kier molecular flexibility index (Phi) is 9.68. The smallest absolute Gasteiger partial charge is 0.408 e. The van der Waals surface area contributed by atoms with Crippen LogP contribution in [0, 0.1) is 0 Å². The molecule has 0 heterocycles. The summed E-state index contributed by atoms with van der Waals surface area (Å²) in [4.78, 5) is 25.3. The number of rotatable bonds is 9. The third kappa shape index (κ3) is 8.67. The molecule has 2 amide bonds. The molecule has 0 aromatic heterocycles. The maximum Gasteiger partial charge on any atom is 0.408 e. The second kappa shape index (κ2) is 12.0. The summed E-state index contributed by atoms with van der Waals surface area (Å²) in [5, 5.41) is 6.41. The first kappa shape index (κ1) is 26.6. The molecule has 0 aliphatic heterocycles. The van der Waals surface area contributed by atoms with Crippen LogP contribution in [0.5, 0.6) is 11.5 Å². The second-order valence-corrected chi connectivity index (χ2v) is 9.21. The van der Waals surface area contributed by atoms with Gasteiger partial charge in [-0.3, -0.25) is 4.79 Å². The Labute approximate surface area is 204 Å². The normalized spacial score (nSPS) is 12.0. The van der Waals surface area contributed by atoms with Crippen LogP contribution in [0.3, 0.4) is 0 Å². The first-order valence-corrected chi connectivity index (χ1v) is 11.2. The molecule has 33 heavy (non-hydrogen) atoms. The molecule has 0 fully saturated rings. The lowest BCUT2D eigenvalue weighted by Gasteiger charge is -2.23. The number of methoxy groups -OCH3 is 2. The zero-order valence-electron chi connectivity index (χ0n) is 19.5. The Bertz CT molecular complexity index is 976. The minimum absolute atomic E-state index is 0.178. The monoisotopic (exact) mass is 496 g/mol. The minimum atomic E-state index is -0.885. The SMILES string of the molecule is COc1ccc(CCNC(=O)[C@@H](Cc2ccc(Cl)cc2Cl)NC(=O)OC(C)(C)C)cc1OC. The lowest BCUT2D eigenvalue weighted by Crippen LogP contribution is -2.49. The number of nitrogens with one attached hydrogen (secondary N) is 2. The van der Waals surface area contributed by atoms with Gasteiger partial charge in [-0.1, -0.05) is 35.3 Å². The third-order valence-corrected chi connectivity index (χ3v) is 5.19. The lowest BCUT2D eigenvalue weighted by molar-refractivity contribution is -0.123. The number of alkyl carbamates (subject to hydrolysis) is 1. The average molecular weight is 497 g/mol. The molecule has 9 heteroatoms. The molecule has 0 saturated heterocycles. The molecule has 0 radical (unpaired) electrons. The van der Waals surface area contributed by atoms with E-state index in [0.717, 1.165) is 5.56 Å². The molecule has 0 spiro atoms. The Morgan fingerprint density at radius 3 is 2.30 bits per heavy atom.